The molecule has 0 saturated heterocycles. The van der Waals surface area contributed by atoms with Gasteiger partial charge in [-0.1, -0.05) is 121 Å². The first kappa shape index (κ1) is 30.7. The highest BCUT2D eigenvalue weighted by Crippen LogP contribution is 2.42. The third-order valence-corrected chi connectivity index (χ3v) is 11.6. The van der Waals surface area contributed by atoms with Gasteiger partial charge in [-0.15, -0.1) is 11.3 Å². The zero-order chi connectivity index (χ0) is 35.6. The van der Waals surface area contributed by atoms with E-state index >= 15 is 0 Å². The van der Waals surface area contributed by atoms with E-state index in [4.69, 9.17) is 15.0 Å². The Morgan fingerprint density at radius 2 is 1.09 bits per heavy atom. The van der Waals surface area contributed by atoms with E-state index in [2.05, 4.69) is 174 Å². The first-order valence-corrected chi connectivity index (χ1v) is 18.9. The summed E-state index contributed by atoms with van der Waals surface area (Å²) in [6.45, 7) is 0. The smallest absolute Gasteiger partial charge is 0.160 e. The lowest BCUT2D eigenvalue weighted by Crippen LogP contribution is -1.99. The van der Waals surface area contributed by atoms with Crippen LogP contribution in [-0.4, -0.2) is 19.5 Å². The summed E-state index contributed by atoms with van der Waals surface area (Å²) in [5.74, 6) is 0.671. The molecular weight excluding hydrogens is 677 g/mol. The Balaban J connectivity index is 1.21. The Hall–Kier alpha value is -6.95. The molecule has 11 rings (SSSR count). The van der Waals surface area contributed by atoms with Crippen molar-refractivity contribution in [3.63, 3.8) is 0 Å². The maximum Gasteiger partial charge on any atom is 0.160 e. The molecule has 54 heavy (non-hydrogen) atoms. The number of fused-ring (bicyclic) bond motifs is 7. The average Bonchev–Trinajstić information content (AvgIpc) is 3.80. The average molecular weight is 707 g/mol. The molecule has 0 aliphatic carbocycles. The fourth-order valence-electron chi connectivity index (χ4n) is 7.89. The SMILES string of the molecule is c1ccc(-c2cc(-c3ccc4ccccc4c3)nc(-c3cc(-c4ccnc5c4sc4ccccc45)cc(-n4c5ccccc5c5ccccc54)c3)n2)cc1. The van der Waals surface area contributed by atoms with Crippen LogP contribution in [0.2, 0.25) is 0 Å². The predicted molar refractivity (Wildman–Crippen MR) is 226 cm³/mol. The third-order valence-electron chi connectivity index (χ3n) is 10.4. The largest absolute Gasteiger partial charge is 0.309 e. The monoisotopic (exact) mass is 706 g/mol. The van der Waals surface area contributed by atoms with Crippen LogP contribution < -0.4 is 0 Å². The second-order valence-corrected chi connectivity index (χ2v) is 14.7. The first-order valence-electron chi connectivity index (χ1n) is 18.1. The van der Waals surface area contributed by atoms with E-state index in [0.717, 1.165) is 61.4 Å². The molecule has 0 saturated carbocycles. The van der Waals surface area contributed by atoms with E-state index < -0.39 is 0 Å². The van der Waals surface area contributed by atoms with Crippen molar-refractivity contribution in [2.24, 2.45) is 0 Å². The van der Waals surface area contributed by atoms with Crippen LogP contribution in [-0.2, 0) is 0 Å². The molecule has 0 radical (unpaired) electrons. The standard InChI is InChI=1S/C49H30N4S/c1-2-13-32(14-3-1)42-30-43(34-23-22-31-12-4-5-15-33(31)26-34)52-49(51-42)36-27-35(38-24-25-50-47-41-18-8-11-21-46(41)54-48(38)47)28-37(29-36)53-44-19-9-6-16-39(44)40-17-7-10-20-45(40)53/h1-30H. The molecule has 4 heterocycles. The molecule has 0 aliphatic heterocycles. The van der Waals surface area contributed by atoms with Gasteiger partial charge in [0.05, 0.1) is 32.6 Å². The topological polar surface area (TPSA) is 43.6 Å². The van der Waals surface area contributed by atoms with Crippen molar-refractivity contribution in [1.29, 1.82) is 0 Å². The number of rotatable bonds is 5. The molecule has 0 aliphatic rings. The summed E-state index contributed by atoms with van der Waals surface area (Å²) in [5, 5.41) is 6.00. The summed E-state index contributed by atoms with van der Waals surface area (Å²) >= 11 is 1.79. The minimum absolute atomic E-state index is 0.671. The summed E-state index contributed by atoms with van der Waals surface area (Å²) < 4.78 is 4.77. The Bertz CT molecular complexity index is 3180. The summed E-state index contributed by atoms with van der Waals surface area (Å²) in [6, 6.07) is 62.4. The van der Waals surface area contributed by atoms with E-state index in [1.807, 2.05) is 12.3 Å². The van der Waals surface area contributed by atoms with Gasteiger partial charge < -0.3 is 4.57 Å². The van der Waals surface area contributed by atoms with Crippen molar-refractivity contribution < 1.29 is 0 Å². The van der Waals surface area contributed by atoms with Crippen LogP contribution in [0, 0.1) is 0 Å². The molecule has 252 valence electrons. The molecule has 7 aromatic carbocycles. The van der Waals surface area contributed by atoms with Crippen molar-refractivity contribution in [1.82, 2.24) is 19.5 Å². The van der Waals surface area contributed by atoms with Crippen molar-refractivity contribution in [2.45, 2.75) is 0 Å². The third kappa shape index (κ3) is 5.01. The minimum Gasteiger partial charge on any atom is -0.309 e. The number of thiophene rings is 1. The maximum absolute atomic E-state index is 5.36. The number of para-hydroxylation sites is 2. The van der Waals surface area contributed by atoms with Gasteiger partial charge in [0.2, 0.25) is 0 Å². The van der Waals surface area contributed by atoms with Gasteiger partial charge in [0.1, 0.15) is 0 Å². The van der Waals surface area contributed by atoms with Crippen LogP contribution in [0.3, 0.4) is 0 Å². The fraction of sp³-hybridized carbons (Fsp3) is 0. The molecule has 0 unspecified atom stereocenters. The van der Waals surface area contributed by atoms with E-state index in [9.17, 15) is 0 Å². The molecule has 5 heteroatoms. The minimum atomic E-state index is 0.671. The summed E-state index contributed by atoms with van der Waals surface area (Å²) in [6.07, 6.45) is 1.94. The van der Waals surface area contributed by atoms with Crippen LogP contribution in [0.25, 0.3) is 104 Å². The van der Waals surface area contributed by atoms with Crippen LogP contribution in [0.15, 0.2) is 182 Å². The lowest BCUT2D eigenvalue weighted by molar-refractivity contribution is 1.16. The van der Waals surface area contributed by atoms with Crippen LogP contribution in [0.4, 0.5) is 0 Å². The molecule has 11 aromatic rings. The normalized spacial score (nSPS) is 11.7. The van der Waals surface area contributed by atoms with Crippen LogP contribution >= 0.6 is 11.3 Å². The van der Waals surface area contributed by atoms with Gasteiger partial charge in [-0.2, -0.15) is 0 Å². The van der Waals surface area contributed by atoms with Gasteiger partial charge in [0.25, 0.3) is 0 Å². The van der Waals surface area contributed by atoms with Gasteiger partial charge in [-0.25, -0.2) is 9.97 Å². The van der Waals surface area contributed by atoms with Gasteiger partial charge in [0, 0.05) is 55.0 Å². The molecule has 4 nitrogen and oxygen atoms in total. The molecule has 0 fully saturated rings. The van der Waals surface area contributed by atoms with Gasteiger partial charge in [0.15, 0.2) is 5.82 Å². The van der Waals surface area contributed by atoms with Gasteiger partial charge in [-0.05, 0) is 70.9 Å². The molecular formula is C49H30N4S. The lowest BCUT2D eigenvalue weighted by Gasteiger charge is -2.15. The number of benzene rings is 7. The molecule has 0 amide bonds. The second-order valence-electron chi connectivity index (χ2n) is 13.7. The van der Waals surface area contributed by atoms with Crippen molar-refractivity contribution in [3.05, 3.63) is 182 Å². The molecule has 0 N–H and O–H groups in total. The molecule has 4 aromatic heterocycles. The van der Waals surface area contributed by atoms with Crippen LogP contribution in [0.1, 0.15) is 0 Å². The van der Waals surface area contributed by atoms with Crippen molar-refractivity contribution in [3.8, 4) is 50.7 Å². The van der Waals surface area contributed by atoms with E-state index in [-0.39, 0.29) is 0 Å². The Labute approximate surface area is 315 Å². The number of hydrogen-bond acceptors (Lipinski definition) is 4. The number of nitrogens with zero attached hydrogens (tertiary/aromatic N) is 4. The van der Waals surface area contributed by atoms with E-state index in [0.29, 0.717) is 5.82 Å². The lowest BCUT2D eigenvalue weighted by atomic mass is 10.00. The maximum atomic E-state index is 5.36. The Morgan fingerprint density at radius 3 is 1.89 bits per heavy atom. The summed E-state index contributed by atoms with van der Waals surface area (Å²) in [4.78, 5) is 15.5. The highest BCUT2D eigenvalue weighted by atomic mass is 32.1. The van der Waals surface area contributed by atoms with Crippen molar-refractivity contribution >= 4 is 64.2 Å². The summed E-state index contributed by atoms with van der Waals surface area (Å²) in [5.41, 5.74) is 11.4. The van der Waals surface area contributed by atoms with Gasteiger partial charge in [-0.3, -0.25) is 4.98 Å². The number of pyridine rings is 1. The number of aromatic nitrogens is 4. The summed E-state index contributed by atoms with van der Waals surface area (Å²) in [7, 11) is 0. The highest BCUT2D eigenvalue weighted by molar-refractivity contribution is 7.26. The molecule has 0 bridgehead atoms. The molecule has 0 spiro atoms. The van der Waals surface area contributed by atoms with E-state index in [1.54, 1.807) is 11.3 Å². The Morgan fingerprint density at radius 1 is 0.444 bits per heavy atom. The fourth-order valence-corrected chi connectivity index (χ4v) is 9.08. The number of hydrogen-bond donors (Lipinski definition) is 0. The Kier molecular flexibility index (Phi) is 7.00. The highest BCUT2D eigenvalue weighted by Gasteiger charge is 2.19. The van der Waals surface area contributed by atoms with Gasteiger partial charge >= 0.3 is 0 Å². The zero-order valence-electron chi connectivity index (χ0n) is 29.0. The quantitative estimate of drug-likeness (QED) is 0.179. The van der Waals surface area contributed by atoms with E-state index in [1.165, 1.54) is 36.3 Å². The predicted octanol–water partition coefficient (Wildman–Crippen LogP) is 13.2. The zero-order valence-corrected chi connectivity index (χ0v) is 29.8. The van der Waals surface area contributed by atoms with Crippen molar-refractivity contribution in [2.75, 3.05) is 0 Å². The molecule has 0 atom stereocenters. The van der Waals surface area contributed by atoms with Crippen LogP contribution in [0.5, 0.6) is 0 Å². The second kappa shape index (κ2) is 12.3. The first-order chi connectivity index (χ1) is 26.7.